The van der Waals surface area contributed by atoms with Crippen LogP contribution in [0.25, 0.3) is 16.7 Å². The number of hydrogen-bond donors (Lipinski definition) is 3. The molecule has 634 valence electrons. The predicted molar refractivity (Wildman–Crippen MR) is 480 cm³/mol. The van der Waals surface area contributed by atoms with Gasteiger partial charge in [-0.05, 0) is 154 Å². The number of aromatic nitrogens is 3. The number of aromatic carboxylic acids is 1. The van der Waals surface area contributed by atoms with Crippen LogP contribution in [0.3, 0.4) is 0 Å². The van der Waals surface area contributed by atoms with E-state index in [4.69, 9.17) is 62.6 Å². The van der Waals surface area contributed by atoms with E-state index in [1.165, 1.54) is 16.7 Å². The van der Waals surface area contributed by atoms with Crippen LogP contribution in [0.2, 0.25) is 0 Å². The molecule has 3 aromatic heterocycles. The Morgan fingerprint density at radius 1 is 0.364 bits per heavy atom. The zero-order valence-electron chi connectivity index (χ0n) is 73.7. The number of nitrogens with two attached hydrogens (primary N) is 1. The standard InChI is InChI=1S/C32H40BN3O4.C32H37BN2O6.C32H39BN2O5/c1-24-21-26(3)35-31(24)30(29-11-9-28(23-34)10-12-29)32-25(2)22-27(4)36(32)33(35,13-7-15-39-19-17-37-5)14-8-16-40-20-18-38-6;1-23-21-25(3)34-30(23)29(27-9-11-28(12-10-27)32(36)37)31-24(2)22-26(4)35(31)33(34,13-7-15-40-19-17-38-5)14-8-16-41-20-18-39-6;1-24-21-26(3)34-31(24)30(29-11-9-28(23-36)10-12-29)32-25(2)22-27(4)35(32)33(34,13-7-15-39-19-17-37-5)14-8-16-40-20-18-38-6/h9-12,21-22H,15-20,23,34H2,1-6H3;9-12,21-22H,15-20H2,1-6H3,(H,36,37);9-12,21-22,36H,15-20,23H2,1-6H3. The van der Waals surface area contributed by atoms with Gasteiger partial charge in [0.05, 0.1) is 108 Å². The number of fused-ring (bicyclic) bond motifs is 6. The normalized spacial score (nSPS) is 15.2. The van der Waals surface area contributed by atoms with Gasteiger partial charge >= 0.3 is 25.2 Å². The second kappa shape index (κ2) is 43.8. The zero-order chi connectivity index (χ0) is 87.0. The first-order valence-corrected chi connectivity index (χ1v) is 41.0. The molecule has 6 aromatic rings. The van der Waals surface area contributed by atoms with E-state index < -0.39 is 25.2 Å². The molecule has 0 saturated heterocycles. The number of methoxy groups -OCH3 is 6. The molecule has 4 N–H and O–H groups in total. The number of carbonyl (C=O) groups is 1. The number of allylic oxidation sites excluding steroid dienone is 6. The molecule has 0 radical (unpaired) electrons. The SMILES string of the molecule is COCCOCC#C[B-]1(C#CCOCCOC)n2c(C)cc(C)c2C(c2ccc(C(=O)O)cc2)=C2C(C)=CC(C)=[N+]21.COCCOCC#C[B-]1(C#CCOCCOC)n2c(C)cc(C)c2C(c2ccc(CN)cc2)=C2C(C)=CC(C)=[N+]21.COCCOCC#C[B-]1(C#CCOCCOC)n2c(C)cc(C)c2C(c2ccc(CO)cc2)=C2C(C)=CC(C)=[N+]21. The summed E-state index contributed by atoms with van der Waals surface area (Å²) >= 11 is 0. The van der Waals surface area contributed by atoms with Crippen molar-refractivity contribution in [3.05, 3.63) is 227 Å². The summed E-state index contributed by atoms with van der Waals surface area (Å²) in [4.78, 5) is 11.6. The Kier molecular flexibility index (Phi) is 33.5. The maximum absolute atomic E-state index is 11.6. The number of nitrogens with zero attached hydrogens (tertiary/aromatic N) is 6. The Balaban J connectivity index is 0.000000190. The van der Waals surface area contributed by atoms with Crippen molar-refractivity contribution in [2.75, 3.05) is 162 Å². The number of ether oxygens (including phenoxy) is 12. The molecule has 121 heavy (non-hydrogen) atoms. The topological polar surface area (TPSA) is 218 Å². The third-order valence-electron chi connectivity index (χ3n) is 22.0. The van der Waals surface area contributed by atoms with E-state index in [9.17, 15) is 15.0 Å². The summed E-state index contributed by atoms with van der Waals surface area (Å²) in [5, 5.41) is 19.1. The molecule has 22 nitrogen and oxygen atoms in total. The summed E-state index contributed by atoms with van der Waals surface area (Å²) in [5.74, 6) is 40.3. The molecule has 0 atom stereocenters. The minimum Gasteiger partial charge on any atom is -0.478 e. The number of rotatable bonds is 30. The van der Waals surface area contributed by atoms with Crippen molar-refractivity contribution in [1.29, 1.82) is 0 Å². The fourth-order valence-electron chi connectivity index (χ4n) is 17.1. The van der Waals surface area contributed by atoms with Gasteiger partial charge in [0, 0.05) is 122 Å². The third kappa shape index (κ3) is 20.3. The van der Waals surface area contributed by atoms with Crippen LogP contribution in [0.1, 0.15) is 131 Å². The molecule has 0 unspecified atom stereocenters. The average molecular weight is 1640 g/mol. The first-order valence-electron chi connectivity index (χ1n) is 41.0. The Morgan fingerprint density at radius 3 is 0.826 bits per heavy atom. The lowest BCUT2D eigenvalue weighted by Crippen LogP contribution is -2.57. The van der Waals surface area contributed by atoms with Crippen LogP contribution in [0, 0.1) is 112 Å². The van der Waals surface area contributed by atoms with Crippen molar-refractivity contribution in [3.63, 3.8) is 0 Å². The van der Waals surface area contributed by atoms with Gasteiger partial charge in [-0.2, -0.15) is 34.9 Å². The van der Waals surface area contributed by atoms with Gasteiger partial charge in [0.1, 0.15) is 56.8 Å². The van der Waals surface area contributed by atoms with E-state index in [2.05, 4.69) is 253 Å². The molecule has 6 aliphatic rings. The van der Waals surface area contributed by atoms with Crippen molar-refractivity contribution in [2.45, 2.75) is 96.2 Å². The van der Waals surface area contributed by atoms with Gasteiger partial charge in [0.2, 0.25) is 0 Å². The molecule has 0 saturated carbocycles. The minimum atomic E-state index is -2.00. The Morgan fingerprint density at radius 2 is 0.603 bits per heavy atom. The minimum absolute atomic E-state index is 0.00887. The van der Waals surface area contributed by atoms with Crippen molar-refractivity contribution in [1.82, 2.24) is 13.4 Å². The van der Waals surface area contributed by atoms with E-state index in [1.54, 1.807) is 54.8 Å². The van der Waals surface area contributed by atoms with Gasteiger partial charge in [-0.25, -0.2) is 4.79 Å². The fourth-order valence-corrected chi connectivity index (χ4v) is 17.1. The van der Waals surface area contributed by atoms with E-state index >= 15 is 0 Å². The van der Waals surface area contributed by atoms with Crippen molar-refractivity contribution in [2.24, 2.45) is 5.73 Å². The summed E-state index contributed by atoms with van der Waals surface area (Å²) in [6.07, 6.45) is 0.733. The average Bonchev–Trinajstić information content (AvgIpc) is 1.57. The first kappa shape index (κ1) is 92.7. The van der Waals surface area contributed by atoms with Crippen LogP contribution in [0.4, 0.5) is 0 Å². The van der Waals surface area contributed by atoms with Gasteiger partial charge in [-0.1, -0.05) is 60.7 Å². The molecule has 0 aliphatic carbocycles. The fraction of sp³-hybridized carbons (Fsp3) is 0.396. The van der Waals surface area contributed by atoms with E-state index in [0.29, 0.717) is 99.0 Å². The van der Waals surface area contributed by atoms with Gasteiger partial charge < -0.3 is 99.7 Å². The lowest BCUT2D eigenvalue weighted by molar-refractivity contribution is -0.330. The van der Waals surface area contributed by atoms with Gasteiger partial charge in [0.15, 0.2) is 17.1 Å². The summed E-state index contributed by atoms with van der Waals surface area (Å²) in [7, 11) is 9.91. The number of benzene rings is 3. The molecule has 3 aromatic carbocycles. The number of carboxylic acids is 1. The summed E-state index contributed by atoms with van der Waals surface area (Å²) < 4.78 is 78.8. The number of aryl methyl sites for hydroxylation is 6. The molecular formula is C96H116B3N7O15. The van der Waals surface area contributed by atoms with Crippen LogP contribution >= 0.6 is 0 Å². The zero-order valence-corrected chi connectivity index (χ0v) is 73.7. The van der Waals surface area contributed by atoms with Crippen LogP contribution < -0.4 is 5.73 Å². The third-order valence-corrected chi connectivity index (χ3v) is 22.0. The lowest BCUT2D eigenvalue weighted by Gasteiger charge is -2.39. The highest BCUT2D eigenvalue weighted by Crippen LogP contribution is 2.47. The maximum Gasteiger partial charge on any atom is 0.520 e. The maximum atomic E-state index is 11.6. The van der Waals surface area contributed by atoms with Gasteiger partial charge in [0.25, 0.3) is 0 Å². The molecule has 25 heteroatoms. The largest absolute Gasteiger partial charge is 0.520 e. The van der Waals surface area contributed by atoms with Gasteiger partial charge in [-0.15, -0.1) is 35.5 Å². The smallest absolute Gasteiger partial charge is 0.478 e. The van der Waals surface area contributed by atoms with E-state index in [1.807, 2.05) is 24.3 Å². The first-order chi connectivity index (χ1) is 58.5. The monoisotopic (exact) mass is 1640 g/mol. The highest BCUT2D eigenvalue weighted by molar-refractivity contribution is 6.88. The molecule has 9 heterocycles. The molecule has 0 spiro atoms. The van der Waals surface area contributed by atoms with Crippen molar-refractivity contribution >= 4 is 59.1 Å². The summed E-state index contributed by atoms with van der Waals surface area (Å²) in [6.45, 7) is 33.5. The molecule has 0 amide bonds. The molecule has 0 bridgehead atoms. The summed E-state index contributed by atoms with van der Waals surface area (Å²) in [5.41, 5.74) is 34.4. The Labute approximate surface area is 715 Å². The number of aliphatic hydroxyl groups is 1. The molecule has 0 fully saturated rings. The van der Waals surface area contributed by atoms with E-state index in [0.717, 1.165) is 130 Å². The quantitative estimate of drug-likeness (QED) is 0.0217. The van der Waals surface area contributed by atoms with Crippen LogP contribution in [0.15, 0.2) is 143 Å². The number of aliphatic hydroxyl groups excluding tert-OH is 1. The highest BCUT2D eigenvalue weighted by atomic mass is 16.5. The van der Waals surface area contributed by atoms with Crippen molar-refractivity contribution in [3.8, 4) is 70.4 Å². The molecular weight excluding hydrogens is 1520 g/mol. The lowest BCUT2D eigenvalue weighted by atomic mass is 9.45. The number of hydrogen-bond acceptors (Lipinski definition) is 15. The second-order valence-electron chi connectivity index (χ2n) is 30.4. The highest BCUT2D eigenvalue weighted by Gasteiger charge is 2.54. The van der Waals surface area contributed by atoms with Crippen LogP contribution in [0.5, 0.6) is 0 Å². The molecule has 12 rings (SSSR count). The van der Waals surface area contributed by atoms with Crippen LogP contribution in [-0.2, 0) is 70.0 Å². The van der Waals surface area contributed by atoms with E-state index in [-0.39, 0.29) is 38.6 Å². The van der Waals surface area contributed by atoms with Crippen molar-refractivity contribution < 1.29 is 85.3 Å². The predicted octanol–water partition coefficient (Wildman–Crippen LogP) is 10.7. The Hall–Kier alpha value is -10.6. The second-order valence-corrected chi connectivity index (χ2v) is 30.4. The van der Waals surface area contributed by atoms with Crippen LogP contribution in [-0.4, -0.2) is 241 Å². The Bertz CT molecular complexity index is 5220. The van der Waals surface area contributed by atoms with Gasteiger partial charge in [-0.3, -0.25) is 0 Å². The number of carboxylic acid groups (broad SMARTS) is 1. The molecule has 6 aliphatic heterocycles. The summed E-state index contributed by atoms with van der Waals surface area (Å²) in [6, 6.07) is 30.3.